The van der Waals surface area contributed by atoms with Gasteiger partial charge in [0.2, 0.25) is 5.91 Å². The topological polar surface area (TPSA) is 89.8 Å². The molecule has 2 aromatic carbocycles. The van der Waals surface area contributed by atoms with Gasteiger partial charge in [0.05, 0.1) is 12.3 Å². The Kier molecular flexibility index (Phi) is 6.82. The van der Waals surface area contributed by atoms with E-state index in [1.54, 1.807) is 6.07 Å². The van der Waals surface area contributed by atoms with Crippen molar-refractivity contribution < 1.29 is 4.79 Å². The molecule has 0 unspecified atom stereocenters. The number of hydrogen-bond acceptors (Lipinski definition) is 6. The van der Waals surface area contributed by atoms with Gasteiger partial charge in [-0.1, -0.05) is 71.4 Å². The lowest BCUT2D eigenvalue weighted by Crippen LogP contribution is -2.27. The number of rotatable bonds is 7. The van der Waals surface area contributed by atoms with Crippen molar-refractivity contribution in [3.8, 4) is 0 Å². The molecule has 32 heavy (non-hydrogen) atoms. The molecule has 0 radical (unpaired) electrons. The van der Waals surface area contributed by atoms with Gasteiger partial charge in [-0.05, 0) is 24.1 Å². The Labute approximate surface area is 193 Å². The van der Waals surface area contributed by atoms with E-state index >= 15 is 0 Å². The lowest BCUT2D eigenvalue weighted by molar-refractivity contribution is -0.118. The van der Waals surface area contributed by atoms with Crippen LogP contribution in [-0.4, -0.2) is 31.2 Å². The van der Waals surface area contributed by atoms with Gasteiger partial charge in [0, 0.05) is 24.0 Å². The van der Waals surface area contributed by atoms with Gasteiger partial charge in [-0.3, -0.25) is 14.2 Å². The zero-order valence-electron chi connectivity index (χ0n) is 17.3. The second kappa shape index (κ2) is 9.93. The number of nitrogens with zero attached hydrogens (tertiary/aromatic N) is 4. The maximum atomic E-state index is 13.1. The summed E-state index contributed by atoms with van der Waals surface area (Å²) < 4.78 is 1.48. The number of amides is 1. The van der Waals surface area contributed by atoms with E-state index in [1.807, 2.05) is 49.4 Å². The molecule has 9 heteroatoms. The Morgan fingerprint density at radius 2 is 1.84 bits per heavy atom. The molecule has 0 aliphatic heterocycles. The predicted octanol–water partition coefficient (Wildman–Crippen LogP) is 3.61. The largest absolute Gasteiger partial charge is 0.351 e. The highest BCUT2D eigenvalue weighted by Gasteiger charge is 2.16. The number of halogens is 1. The van der Waals surface area contributed by atoms with Crippen molar-refractivity contribution in [1.82, 2.24) is 24.8 Å². The van der Waals surface area contributed by atoms with Gasteiger partial charge in [0.15, 0.2) is 16.3 Å². The number of thioether (sulfide) groups is 1. The van der Waals surface area contributed by atoms with Crippen molar-refractivity contribution in [1.29, 1.82) is 0 Å². The molecule has 4 rings (SSSR count). The summed E-state index contributed by atoms with van der Waals surface area (Å²) in [5, 5.41) is 3.82. The average Bonchev–Trinajstić information content (AvgIpc) is 2.80. The van der Waals surface area contributed by atoms with Crippen molar-refractivity contribution in [3.05, 3.63) is 93.0 Å². The fraction of sp³-hybridized carbons (Fsp3) is 0.174. The third-order valence-corrected chi connectivity index (χ3v) is 6.13. The van der Waals surface area contributed by atoms with Crippen molar-refractivity contribution >= 4 is 40.4 Å². The van der Waals surface area contributed by atoms with Crippen LogP contribution in [0.2, 0.25) is 5.02 Å². The Balaban J connectivity index is 1.55. The lowest BCUT2D eigenvalue weighted by atomic mass is 10.1. The molecule has 7 nitrogen and oxygen atoms in total. The summed E-state index contributed by atoms with van der Waals surface area (Å²) in [6, 6.07) is 15.3. The molecule has 1 N–H and O–H groups in total. The average molecular weight is 466 g/mol. The molecule has 0 bridgehead atoms. The maximum absolute atomic E-state index is 13.1. The molecule has 2 aromatic heterocycles. The van der Waals surface area contributed by atoms with Gasteiger partial charge < -0.3 is 5.32 Å². The molecule has 162 valence electrons. The van der Waals surface area contributed by atoms with Crippen LogP contribution < -0.4 is 10.9 Å². The number of nitrogens with one attached hydrogen (secondary N) is 1. The first-order valence-electron chi connectivity index (χ1n) is 9.91. The van der Waals surface area contributed by atoms with E-state index in [0.717, 1.165) is 16.7 Å². The molecule has 0 atom stereocenters. The molecule has 0 spiro atoms. The van der Waals surface area contributed by atoms with Crippen LogP contribution in [0.1, 0.15) is 16.7 Å². The number of aromatic nitrogens is 4. The van der Waals surface area contributed by atoms with Gasteiger partial charge in [0.1, 0.15) is 0 Å². The molecule has 0 saturated carbocycles. The number of hydrogen-bond donors (Lipinski definition) is 1. The number of aryl methyl sites for hydroxylation is 1. The van der Waals surface area contributed by atoms with Gasteiger partial charge >= 0.3 is 0 Å². The van der Waals surface area contributed by atoms with E-state index in [1.165, 1.54) is 28.7 Å². The zero-order valence-corrected chi connectivity index (χ0v) is 18.9. The van der Waals surface area contributed by atoms with E-state index in [0.29, 0.717) is 16.7 Å². The highest BCUT2D eigenvalue weighted by atomic mass is 35.5. The number of carbonyl (C=O) groups is 1. The van der Waals surface area contributed by atoms with Crippen LogP contribution in [-0.2, 0) is 17.9 Å². The molecular formula is C23H20ClN5O2S. The first-order valence-corrected chi connectivity index (χ1v) is 11.3. The minimum Gasteiger partial charge on any atom is -0.351 e. The van der Waals surface area contributed by atoms with E-state index in [9.17, 15) is 9.59 Å². The highest BCUT2D eigenvalue weighted by Crippen LogP contribution is 2.20. The monoisotopic (exact) mass is 465 g/mol. The standard InChI is InChI=1S/C23H20ClN5O2S/c1-15-6-8-16(9-7-15)12-27-19(30)14-32-23-28-21-20(25-10-11-26-21)22(31)29(23)13-17-4-2-3-5-18(17)24/h2-11H,12-14H2,1H3,(H,27,30). The summed E-state index contributed by atoms with van der Waals surface area (Å²) in [7, 11) is 0. The summed E-state index contributed by atoms with van der Waals surface area (Å²) in [4.78, 5) is 38.3. The minimum absolute atomic E-state index is 0.104. The SMILES string of the molecule is Cc1ccc(CNC(=O)CSc2nc3nccnc3c(=O)n2Cc2ccccc2Cl)cc1. The number of benzene rings is 2. The predicted molar refractivity (Wildman–Crippen MR) is 126 cm³/mol. The van der Waals surface area contributed by atoms with Crippen molar-refractivity contribution in [2.45, 2.75) is 25.2 Å². The van der Waals surface area contributed by atoms with E-state index < -0.39 is 0 Å². The van der Waals surface area contributed by atoms with Crippen LogP contribution in [0.5, 0.6) is 0 Å². The van der Waals surface area contributed by atoms with Crippen LogP contribution in [0.3, 0.4) is 0 Å². The molecule has 0 saturated heterocycles. The Bertz CT molecular complexity index is 1320. The van der Waals surface area contributed by atoms with E-state index in [-0.39, 0.29) is 34.9 Å². The molecule has 1 amide bonds. The third-order valence-electron chi connectivity index (χ3n) is 4.79. The molecular weight excluding hydrogens is 446 g/mol. The third kappa shape index (κ3) is 5.15. The molecule has 4 aromatic rings. The molecule has 0 aliphatic rings. The quantitative estimate of drug-likeness (QED) is 0.331. The Morgan fingerprint density at radius 1 is 1.09 bits per heavy atom. The summed E-state index contributed by atoms with van der Waals surface area (Å²) in [5.41, 5.74) is 3.04. The van der Waals surface area contributed by atoms with E-state index in [2.05, 4.69) is 20.3 Å². The van der Waals surface area contributed by atoms with Crippen LogP contribution in [0.4, 0.5) is 0 Å². The van der Waals surface area contributed by atoms with Crippen LogP contribution in [0.15, 0.2) is 70.9 Å². The fourth-order valence-electron chi connectivity index (χ4n) is 3.06. The van der Waals surface area contributed by atoms with Crippen molar-refractivity contribution in [3.63, 3.8) is 0 Å². The highest BCUT2D eigenvalue weighted by molar-refractivity contribution is 7.99. The first kappa shape index (κ1) is 22.0. The van der Waals surface area contributed by atoms with Crippen molar-refractivity contribution in [2.24, 2.45) is 0 Å². The van der Waals surface area contributed by atoms with Gasteiger partial charge in [-0.2, -0.15) is 0 Å². The molecule has 0 aliphatic carbocycles. The lowest BCUT2D eigenvalue weighted by Gasteiger charge is -2.13. The normalized spacial score (nSPS) is 10.9. The number of carbonyl (C=O) groups excluding carboxylic acids is 1. The van der Waals surface area contributed by atoms with Gasteiger partial charge in [-0.25, -0.2) is 15.0 Å². The van der Waals surface area contributed by atoms with Gasteiger partial charge in [-0.15, -0.1) is 0 Å². The summed E-state index contributed by atoms with van der Waals surface area (Å²) in [6.45, 7) is 2.66. The van der Waals surface area contributed by atoms with Crippen LogP contribution in [0.25, 0.3) is 11.2 Å². The Morgan fingerprint density at radius 3 is 2.62 bits per heavy atom. The van der Waals surface area contributed by atoms with Gasteiger partial charge in [0.25, 0.3) is 5.56 Å². The first-order chi connectivity index (χ1) is 15.5. The second-order valence-corrected chi connectivity index (χ2v) is 8.51. The van der Waals surface area contributed by atoms with Crippen molar-refractivity contribution in [2.75, 3.05) is 5.75 Å². The van der Waals surface area contributed by atoms with E-state index in [4.69, 9.17) is 11.6 Å². The fourth-order valence-corrected chi connectivity index (χ4v) is 4.08. The second-order valence-electron chi connectivity index (χ2n) is 7.16. The Hall–Kier alpha value is -3.23. The number of fused-ring (bicyclic) bond motifs is 1. The minimum atomic E-state index is -0.328. The molecule has 2 heterocycles. The van der Waals surface area contributed by atoms with Crippen LogP contribution in [0, 0.1) is 6.92 Å². The summed E-state index contributed by atoms with van der Waals surface area (Å²) in [5.74, 6) is -0.0552. The summed E-state index contributed by atoms with van der Waals surface area (Å²) >= 11 is 7.47. The smallest absolute Gasteiger partial charge is 0.282 e. The zero-order chi connectivity index (χ0) is 22.5. The van der Waals surface area contributed by atoms with Crippen LogP contribution >= 0.6 is 23.4 Å². The summed E-state index contributed by atoms with van der Waals surface area (Å²) in [6.07, 6.45) is 2.94. The molecule has 0 fully saturated rings. The maximum Gasteiger partial charge on any atom is 0.282 e.